The van der Waals surface area contributed by atoms with Crippen LogP contribution in [0.3, 0.4) is 0 Å². The monoisotopic (exact) mass is 508 g/mol. The molecule has 0 fully saturated rings. The highest BCUT2D eigenvalue weighted by Crippen LogP contribution is 2.26. The van der Waals surface area contributed by atoms with Gasteiger partial charge in [0.05, 0.1) is 4.47 Å². The normalized spacial score (nSPS) is 12.2. The van der Waals surface area contributed by atoms with E-state index in [1.54, 1.807) is 19.1 Å². The maximum Gasteiger partial charge on any atom is 0.261 e. The summed E-state index contributed by atoms with van der Waals surface area (Å²) >= 11 is 9.48. The van der Waals surface area contributed by atoms with Gasteiger partial charge in [0.15, 0.2) is 6.61 Å². The molecule has 0 aromatic heterocycles. The van der Waals surface area contributed by atoms with E-state index in [2.05, 4.69) is 28.2 Å². The molecule has 0 radical (unpaired) electrons. The summed E-state index contributed by atoms with van der Waals surface area (Å²) < 4.78 is 6.57. The lowest BCUT2D eigenvalue weighted by Gasteiger charge is -2.31. The number of nitrogens with one attached hydrogen (secondary N) is 1. The molecule has 0 aliphatic heterocycles. The van der Waals surface area contributed by atoms with E-state index < -0.39 is 11.6 Å². The van der Waals surface area contributed by atoms with Gasteiger partial charge in [-0.1, -0.05) is 36.7 Å². The Morgan fingerprint density at radius 1 is 1.13 bits per heavy atom. The van der Waals surface area contributed by atoms with Crippen LogP contribution in [0.5, 0.6) is 5.75 Å². The van der Waals surface area contributed by atoms with Crippen LogP contribution in [0.25, 0.3) is 0 Å². The van der Waals surface area contributed by atoms with Gasteiger partial charge in [-0.05, 0) is 85.4 Å². The lowest BCUT2D eigenvalue weighted by Crippen LogP contribution is -2.53. The predicted octanol–water partition coefficient (Wildman–Crippen LogP) is 5.38. The molecule has 0 saturated heterocycles. The van der Waals surface area contributed by atoms with Gasteiger partial charge < -0.3 is 15.0 Å². The Bertz CT molecular complexity index is 910. The maximum atomic E-state index is 13.1. The average Bonchev–Trinajstić information content (AvgIpc) is 2.70. The van der Waals surface area contributed by atoms with Gasteiger partial charge in [0.1, 0.15) is 11.8 Å². The number of amides is 2. The predicted molar refractivity (Wildman–Crippen MR) is 128 cm³/mol. The van der Waals surface area contributed by atoms with Gasteiger partial charge >= 0.3 is 0 Å². The van der Waals surface area contributed by atoms with Crippen molar-refractivity contribution in [1.82, 2.24) is 10.2 Å². The number of carbonyl (C=O) groups is 2. The van der Waals surface area contributed by atoms with E-state index in [1.165, 1.54) is 10.5 Å². The molecule has 0 spiro atoms. The summed E-state index contributed by atoms with van der Waals surface area (Å²) in [7, 11) is 0. The lowest BCUT2D eigenvalue weighted by atomic mass is 10.1. The van der Waals surface area contributed by atoms with E-state index in [0.29, 0.717) is 10.8 Å². The van der Waals surface area contributed by atoms with Crippen LogP contribution >= 0.6 is 27.5 Å². The van der Waals surface area contributed by atoms with Crippen molar-refractivity contribution in [3.63, 3.8) is 0 Å². The molecule has 2 aromatic carbocycles. The van der Waals surface area contributed by atoms with Gasteiger partial charge in [0.25, 0.3) is 5.91 Å². The molecule has 2 rings (SSSR count). The standard InChI is InChI=1S/C24H30BrClN2O3/c1-6-17-9-12-21(20(25)13-17)31-15-22(29)28(14-18-7-10-19(26)11-8-18)16(2)23(30)27-24(3,4)5/h7-13,16H,6,14-15H2,1-5H3,(H,27,30)/t16-/m0/s1. The summed E-state index contributed by atoms with van der Waals surface area (Å²) in [6, 6.07) is 12.3. The lowest BCUT2D eigenvalue weighted by molar-refractivity contribution is -0.142. The Labute approximate surface area is 198 Å². The number of carbonyl (C=O) groups excluding carboxylic acids is 2. The third-order valence-corrected chi connectivity index (χ3v) is 5.56. The fourth-order valence-corrected chi connectivity index (χ4v) is 3.61. The number of aryl methyl sites for hydroxylation is 1. The molecular formula is C24H30BrClN2O3. The number of rotatable bonds is 8. The number of benzene rings is 2. The van der Waals surface area contributed by atoms with Gasteiger partial charge in [-0.15, -0.1) is 0 Å². The quantitative estimate of drug-likeness (QED) is 0.520. The van der Waals surface area contributed by atoms with E-state index >= 15 is 0 Å². The number of ether oxygens (including phenoxy) is 1. The van der Waals surface area contributed by atoms with Crippen LogP contribution in [-0.2, 0) is 22.6 Å². The van der Waals surface area contributed by atoms with Crippen molar-refractivity contribution >= 4 is 39.3 Å². The Morgan fingerprint density at radius 2 is 1.74 bits per heavy atom. The Kier molecular flexibility index (Phi) is 8.95. The molecule has 7 heteroatoms. The van der Waals surface area contributed by atoms with E-state index in [1.807, 2.05) is 51.1 Å². The Hall–Kier alpha value is -2.05. The van der Waals surface area contributed by atoms with Crippen molar-refractivity contribution in [3.05, 3.63) is 63.1 Å². The van der Waals surface area contributed by atoms with Crippen molar-refractivity contribution in [2.75, 3.05) is 6.61 Å². The van der Waals surface area contributed by atoms with Crippen LogP contribution < -0.4 is 10.1 Å². The highest BCUT2D eigenvalue weighted by molar-refractivity contribution is 9.10. The molecule has 0 unspecified atom stereocenters. The molecule has 0 heterocycles. The summed E-state index contributed by atoms with van der Waals surface area (Å²) in [6.45, 7) is 9.61. The van der Waals surface area contributed by atoms with E-state index in [9.17, 15) is 9.59 Å². The van der Waals surface area contributed by atoms with Crippen LogP contribution in [-0.4, -0.2) is 34.9 Å². The fraction of sp³-hybridized carbons (Fsp3) is 0.417. The third-order valence-electron chi connectivity index (χ3n) is 4.69. The number of hydrogen-bond donors (Lipinski definition) is 1. The van der Waals surface area contributed by atoms with Gasteiger partial charge in [-0.3, -0.25) is 9.59 Å². The molecule has 5 nitrogen and oxygen atoms in total. The molecular weight excluding hydrogens is 480 g/mol. The second-order valence-electron chi connectivity index (χ2n) is 8.47. The van der Waals surface area contributed by atoms with Gasteiger partial charge in [-0.25, -0.2) is 0 Å². The minimum atomic E-state index is -0.670. The second-order valence-corrected chi connectivity index (χ2v) is 9.76. The molecule has 2 aromatic rings. The minimum Gasteiger partial charge on any atom is -0.483 e. The largest absolute Gasteiger partial charge is 0.483 e. The zero-order valence-electron chi connectivity index (χ0n) is 18.7. The van der Waals surface area contributed by atoms with Crippen molar-refractivity contribution < 1.29 is 14.3 Å². The van der Waals surface area contributed by atoms with Crippen molar-refractivity contribution in [1.29, 1.82) is 0 Å². The van der Waals surface area contributed by atoms with E-state index in [-0.39, 0.29) is 25.0 Å². The second kappa shape index (κ2) is 11.0. The van der Waals surface area contributed by atoms with Crippen molar-refractivity contribution in [2.24, 2.45) is 0 Å². The highest BCUT2D eigenvalue weighted by atomic mass is 79.9. The van der Waals surface area contributed by atoms with Crippen LogP contribution in [0, 0.1) is 0 Å². The van der Waals surface area contributed by atoms with Crippen molar-refractivity contribution in [3.8, 4) is 5.75 Å². The SMILES string of the molecule is CCc1ccc(OCC(=O)N(Cc2ccc(Cl)cc2)[C@@H](C)C(=O)NC(C)(C)C)c(Br)c1. The third kappa shape index (κ3) is 7.86. The molecule has 0 aliphatic rings. The highest BCUT2D eigenvalue weighted by Gasteiger charge is 2.28. The smallest absolute Gasteiger partial charge is 0.261 e. The molecule has 0 bridgehead atoms. The molecule has 1 atom stereocenters. The first kappa shape index (κ1) is 25.2. The first-order chi connectivity index (χ1) is 14.5. The van der Waals surface area contributed by atoms with Crippen LogP contribution in [0.4, 0.5) is 0 Å². The van der Waals surface area contributed by atoms with Gasteiger partial charge in [0, 0.05) is 17.1 Å². The van der Waals surface area contributed by atoms with Crippen molar-refractivity contribution in [2.45, 2.75) is 59.2 Å². The number of nitrogens with zero attached hydrogens (tertiary/aromatic N) is 1. The summed E-state index contributed by atoms with van der Waals surface area (Å²) in [4.78, 5) is 27.4. The van der Waals surface area contributed by atoms with Crippen LogP contribution in [0.15, 0.2) is 46.9 Å². The topological polar surface area (TPSA) is 58.6 Å². The molecule has 168 valence electrons. The molecule has 1 N–H and O–H groups in total. The summed E-state index contributed by atoms with van der Waals surface area (Å²) in [5.41, 5.74) is 1.65. The first-order valence-electron chi connectivity index (χ1n) is 10.3. The Balaban J connectivity index is 2.18. The van der Waals surface area contributed by atoms with E-state index in [4.69, 9.17) is 16.3 Å². The van der Waals surface area contributed by atoms with E-state index in [0.717, 1.165) is 16.5 Å². The van der Waals surface area contributed by atoms with Crippen LogP contribution in [0.2, 0.25) is 5.02 Å². The fourth-order valence-electron chi connectivity index (χ4n) is 2.95. The zero-order valence-corrected chi connectivity index (χ0v) is 21.0. The summed E-state index contributed by atoms with van der Waals surface area (Å²) in [5, 5.41) is 3.56. The molecule has 0 saturated carbocycles. The Morgan fingerprint density at radius 3 is 2.29 bits per heavy atom. The number of halogens is 2. The summed E-state index contributed by atoms with van der Waals surface area (Å²) in [6.07, 6.45) is 0.910. The molecule has 2 amide bonds. The van der Waals surface area contributed by atoms with Gasteiger partial charge in [0.2, 0.25) is 5.91 Å². The first-order valence-corrected chi connectivity index (χ1v) is 11.4. The molecule has 0 aliphatic carbocycles. The van der Waals surface area contributed by atoms with Crippen LogP contribution in [0.1, 0.15) is 45.7 Å². The molecule has 31 heavy (non-hydrogen) atoms. The zero-order chi connectivity index (χ0) is 23.2. The minimum absolute atomic E-state index is 0.176. The number of hydrogen-bond acceptors (Lipinski definition) is 3. The van der Waals surface area contributed by atoms with Gasteiger partial charge in [-0.2, -0.15) is 0 Å². The maximum absolute atomic E-state index is 13.1. The summed E-state index contributed by atoms with van der Waals surface area (Å²) in [5.74, 6) is 0.0880. The average molecular weight is 510 g/mol.